The minimum Gasteiger partial charge on any atom is -0.478 e. The molecule has 8 heteroatoms. The third kappa shape index (κ3) is 2.80. The van der Waals surface area contributed by atoms with Gasteiger partial charge in [-0.25, -0.2) is 9.78 Å². The molecule has 0 saturated carbocycles. The van der Waals surface area contributed by atoms with Crippen molar-refractivity contribution in [2.24, 2.45) is 0 Å². The maximum Gasteiger partial charge on any atom is 0.337 e. The van der Waals surface area contributed by atoms with Crippen LogP contribution in [0.3, 0.4) is 0 Å². The highest BCUT2D eigenvalue weighted by Gasteiger charge is 2.20. The molecule has 1 aromatic carbocycles. The zero-order chi connectivity index (χ0) is 14.9. The van der Waals surface area contributed by atoms with Gasteiger partial charge in [-0.2, -0.15) is 8.42 Å². The smallest absolute Gasteiger partial charge is 0.337 e. The average molecular weight is 295 g/mol. The van der Waals surface area contributed by atoms with Gasteiger partial charge in [0.15, 0.2) is 5.03 Å². The summed E-state index contributed by atoms with van der Waals surface area (Å²) in [5.74, 6) is -0.750. The van der Waals surface area contributed by atoms with E-state index in [-0.39, 0.29) is 16.3 Å². The largest absolute Gasteiger partial charge is 0.478 e. The van der Waals surface area contributed by atoms with E-state index < -0.39 is 16.0 Å². The van der Waals surface area contributed by atoms with E-state index in [9.17, 15) is 13.2 Å². The molecule has 3 N–H and O–H groups in total. The number of aromatic amines is 1. The summed E-state index contributed by atoms with van der Waals surface area (Å²) in [6.07, 6.45) is 1.17. The van der Waals surface area contributed by atoms with Gasteiger partial charge in [0.05, 0.1) is 17.4 Å². The van der Waals surface area contributed by atoms with Crippen molar-refractivity contribution in [2.75, 3.05) is 4.72 Å². The lowest BCUT2D eigenvalue weighted by Crippen LogP contribution is -2.16. The molecule has 0 amide bonds. The molecule has 1 aromatic heterocycles. The van der Waals surface area contributed by atoms with Crippen LogP contribution >= 0.6 is 0 Å². The van der Waals surface area contributed by atoms with Crippen molar-refractivity contribution in [2.45, 2.75) is 18.9 Å². The Balaban J connectivity index is 2.42. The van der Waals surface area contributed by atoms with Crippen LogP contribution in [0.1, 0.15) is 21.7 Å². The standard InChI is InChI=1S/C12H13N3O4S/c1-7-3-4-10(9(5-7)12(16)17)15-20(18,19)11-6-13-8(2)14-11/h3-6,15H,1-2H3,(H,13,14)(H,16,17). The van der Waals surface area contributed by atoms with E-state index in [1.165, 1.54) is 18.3 Å². The number of nitrogens with one attached hydrogen (secondary N) is 2. The summed E-state index contributed by atoms with van der Waals surface area (Å²) < 4.78 is 26.4. The van der Waals surface area contributed by atoms with Gasteiger partial charge in [0, 0.05) is 0 Å². The molecule has 2 rings (SSSR count). The number of anilines is 1. The van der Waals surface area contributed by atoms with Crippen LogP contribution in [0.15, 0.2) is 29.4 Å². The molecular weight excluding hydrogens is 282 g/mol. The third-order valence-corrected chi connectivity index (χ3v) is 3.89. The molecule has 20 heavy (non-hydrogen) atoms. The average Bonchev–Trinajstić information content (AvgIpc) is 2.78. The molecular formula is C12H13N3O4S. The Bertz CT molecular complexity index is 765. The number of hydrogen-bond donors (Lipinski definition) is 3. The molecule has 0 aliphatic heterocycles. The zero-order valence-electron chi connectivity index (χ0n) is 10.8. The maximum atomic E-state index is 12.1. The molecule has 0 aliphatic carbocycles. The molecule has 7 nitrogen and oxygen atoms in total. The highest BCUT2D eigenvalue weighted by atomic mass is 32.2. The monoisotopic (exact) mass is 295 g/mol. The van der Waals surface area contributed by atoms with E-state index in [1.807, 2.05) is 0 Å². The molecule has 0 fully saturated rings. The van der Waals surface area contributed by atoms with Gasteiger partial charge < -0.3 is 10.1 Å². The van der Waals surface area contributed by atoms with E-state index in [1.54, 1.807) is 19.9 Å². The normalized spacial score (nSPS) is 11.3. The highest BCUT2D eigenvalue weighted by molar-refractivity contribution is 7.92. The second-order valence-electron chi connectivity index (χ2n) is 4.29. The number of nitrogens with zero attached hydrogens (tertiary/aromatic N) is 1. The Morgan fingerprint density at radius 1 is 1.35 bits per heavy atom. The number of hydrogen-bond acceptors (Lipinski definition) is 4. The van der Waals surface area contributed by atoms with Crippen LogP contribution in [0.4, 0.5) is 5.69 Å². The van der Waals surface area contributed by atoms with Gasteiger partial charge in [-0.3, -0.25) is 4.72 Å². The number of aromatic nitrogens is 2. The van der Waals surface area contributed by atoms with Crippen LogP contribution < -0.4 is 4.72 Å². The minimum atomic E-state index is -3.89. The summed E-state index contributed by atoms with van der Waals surface area (Å²) in [4.78, 5) is 17.5. The number of H-pyrrole nitrogens is 1. The minimum absolute atomic E-state index is 0.00959. The quantitative estimate of drug-likeness (QED) is 0.791. The van der Waals surface area contributed by atoms with Gasteiger partial charge in [-0.05, 0) is 26.0 Å². The van der Waals surface area contributed by atoms with Crippen LogP contribution in [-0.2, 0) is 10.0 Å². The van der Waals surface area contributed by atoms with Gasteiger partial charge in [-0.1, -0.05) is 11.6 Å². The van der Waals surface area contributed by atoms with Crippen LogP contribution in [0.2, 0.25) is 0 Å². The fraction of sp³-hybridized carbons (Fsp3) is 0.167. The number of rotatable bonds is 4. The fourth-order valence-corrected chi connectivity index (χ4v) is 2.71. The van der Waals surface area contributed by atoms with E-state index >= 15 is 0 Å². The molecule has 1 heterocycles. The number of imidazole rings is 1. The molecule has 0 saturated heterocycles. The second kappa shape index (κ2) is 4.97. The van der Waals surface area contributed by atoms with E-state index in [0.29, 0.717) is 5.82 Å². The van der Waals surface area contributed by atoms with Gasteiger partial charge in [-0.15, -0.1) is 0 Å². The summed E-state index contributed by atoms with van der Waals surface area (Å²) in [5.41, 5.74) is 0.628. The predicted octanol–water partition coefficient (Wildman–Crippen LogP) is 1.53. The lowest BCUT2D eigenvalue weighted by molar-refractivity contribution is 0.0698. The number of sulfonamides is 1. The summed E-state index contributed by atoms with van der Waals surface area (Å²) in [7, 11) is -3.89. The first-order valence-electron chi connectivity index (χ1n) is 5.68. The number of aryl methyl sites for hydroxylation is 2. The summed E-state index contributed by atoms with van der Waals surface area (Å²) in [6, 6.07) is 4.44. The topological polar surface area (TPSA) is 112 Å². The molecule has 0 radical (unpaired) electrons. The van der Waals surface area contributed by atoms with E-state index in [4.69, 9.17) is 5.11 Å². The summed E-state index contributed by atoms with van der Waals surface area (Å²) >= 11 is 0. The molecule has 0 unspecified atom stereocenters. The molecule has 0 atom stereocenters. The number of carboxylic acid groups (broad SMARTS) is 1. The lowest BCUT2D eigenvalue weighted by atomic mass is 10.1. The molecule has 2 aromatic rings. The van der Waals surface area contributed by atoms with Gasteiger partial charge in [0.1, 0.15) is 5.82 Å². The second-order valence-corrected chi connectivity index (χ2v) is 5.94. The number of benzene rings is 1. The third-order valence-electron chi connectivity index (χ3n) is 2.62. The van der Waals surface area contributed by atoms with Crippen molar-refractivity contribution >= 4 is 21.7 Å². The van der Waals surface area contributed by atoms with Crippen molar-refractivity contribution in [3.63, 3.8) is 0 Å². The molecule has 106 valence electrons. The number of carbonyl (C=O) groups is 1. The number of aromatic carboxylic acids is 1. The van der Waals surface area contributed by atoms with Crippen molar-refractivity contribution in [3.8, 4) is 0 Å². The Morgan fingerprint density at radius 3 is 2.60 bits per heavy atom. The van der Waals surface area contributed by atoms with Gasteiger partial charge >= 0.3 is 5.97 Å². The van der Waals surface area contributed by atoms with Crippen molar-refractivity contribution in [3.05, 3.63) is 41.3 Å². The first-order valence-corrected chi connectivity index (χ1v) is 7.16. The Hall–Kier alpha value is -2.35. The Kier molecular flexibility index (Phi) is 3.49. The lowest BCUT2D eigenvalue weighted by Gasteiger charge is -2.09. The molecule has 0 aliphatic rings. The SMILES string of the molecule is Cc1ccc(NS(=O)(=O)c2cnc(C)[nH]2)c(C(=O)O)c1. The molecule has 0 spiro atoms. The van der Waals surface area contributed by atoms with Crippen LogP contribution in [0.5, 0.6) is 0 Å². The Morgan fingerprint density at radius 2 is 2.05 bits per heavy atom. The van der Waals surface area contributed by atoms with E-state index in [2.05, 4.69) is 14.7 Å². The number of carboxylic acids is 1. The van der Waals surface area contributed by atoms with Crippen molar-refractivity contribution in [1.82, 2.24) is 9.97 Å². The Labute approximate surface area is 115 Å². The summed E-state index contributed by atoms with van der Waals surface area (Å²) in [5, 5.41) is 8.99. The molecule has 0 bridgehead atoms. The van der Waals surface area contributed by atoms with Gasteiger partial charge in [0.25, 0.3) is 10.0 Å². The van der Waals surface area contributed by atoms with Crippen LogP contribution in [-0.4, -0.2) is 29.5 Å². The zero-order valence-corrected chi connectivity index (χ0v) is 11.7. The van der Waals surface area contributed by atoms with Gasteiger partial charge in [0.2, 0.25) is 0 Å². The van der Waals surface area contributed by atoms with Crippen molar-refractivity contribution < 1.29 is 18.3 Å². The predicted molar refractivity (Wildman–Crippen MR) is 72.3 cm³/mol. The van der Waals surface area contributed by atoms with Crippen molar-refractivity contribution in [1.29, 1.82) is 0 Å². The van der Waals surface area contributed by atoms with Crippen LogP contribution in [0.25, 0.3) is 0 Å². The first kappa shape index (κ1) is 14.1. The highest BCUT2D eigenvalue weighted by Crippen LogP contribution is 2.21. The first-order chi connectivity index (χ1) is 9.29. The van der Waals surface area contributed by atoms with Crippen LogP contribution in [0, 0.1) is 13.8 Å². The fourth-order valence-electron chi connectivity index (χ4n) is 1.66. The summed E-state index contributed by atoms with van der Waals surface area (Å²) in [6.45, 7) is 3.34. The van der Waals surface area contributed by atoms with E-state index in [0.717, 1.165) is 5.56 Å². The maximum absolute atomic E-state index is 12.1.